The summed E-state index contributed by atoms with van der Waals surface area (Å²) in [5, 5.41) is 7.19. The number of ether oxygens (including phenoxy) is 1. The molecule has 16 heavy (non-hydrogen) atoms. The van der Waals surface area contributed by atoms with E-state index in [1.165, 1.54) is 0 Å². The maximum absolute atomic E-state index is 5.21. The van der Waals surface area contributed by atoms with Crippen LogP contribution >= 0.6 is 0 Å². The molecule has 0 saturated carbocycles. The molecule has 0 aliphatic heterocycles. The summed E-state index contributed by atoms with van der Waals surface area (Å²) in [5.74, 6) is 1.66. The molecule has 1 rings (SSSR count). The number of rotatable bonds is 7. The van der Waals surface area contributed by atoms with Gasteiger partial charge in [-0.15, -0.1) is 0 Å². The van der Waals surface area contributed by atoms with Gasteiger partial charge in [0.25, 0.3) is 0 Å². The monoisotopic (exact) mass is 227 g/mol. The Morgan fingerprint density at radius 1 is 1.44 bits per heavy atom. The first kappa shape index (κ1) is 13.1. The van der Waals surface area contributed by atoms with Crippen LogP contribution in [0.3, 0.4) is 0 Å². The zero-order valence-electron chi connectivity index (χ0n) is 10.5. The van der Waals surface area contributed by atoms with E-state index in [4.69, 9.17) is 9.26 Å². The second kappa shape index (κ2) is 6.60. The van der Waals surface area contributed by atoms with Crippen molar-refractivity contribution in [3.05, 3.63) is 11.7 Å². The lowest BCUT2D eigenvalue weighted by Crippen LogP contribution is -2.19. The molecule has 0 amide bonds. The minimum absolute atomic E-state index is 0.120. The van der Waals surface area contributed by atoms with E-state index < -0.39 is 0 Å². The molecule has 2 atom stereocenters. The highest BCUT2D eigenvalue weighted by Crippen LogP contribution is 2.12. The third-order valence-electron chi connectivity index (χ3n) is 2.48. The number of nitrogens with one attached hydrogen (secondary N) is 1. The first-order valence-electron chi connectivity index (χ1n) is 5.73. The van der Waals surface area contributed by atoms with E-state index in [0.29, 0.717) is 18.1 Å². The fourth-order valence-corrected chi connectivity index (χ4v) is 1.34. The maximum atomic E-state index is 5.21. The summed E-state index contributed by atoms with van der Waals surface area (Å²) in [6.07, 6.45) is 0.808. The molecule has 1 aromatic rings. The highest BCUT2D eigenvalue weighted by atomic mass is 16.5. The van der Waals surface area contributed by atoms with Gasteiger partial charge in [-0.25, -0.2) is 0 Å². The van der Waals surface area contributed by atoms with Crippen molar-refractivity contribution in [3.8, 4) is 0 Å². The molecule has 0 radical (unpaired) electrons. The zero-order valence-corrected chi connectivity index (χ0v) is 10.5. The van der Waals surface area contributed by atoms with Crippen LogP contribution in [0.15, 0.2) is 4.52 Å². The number of likely N-dealkylation sites (N-methyl/N-ethyl adjacent to an activating group) is 1. The molecule has 0 aromatic carbocycles. The number of aromatic nitrogens is 2. The maximum Gasteiger partial charge on any atom is 0.230 e. The molecule has 0 saturated heterocycles. The summed E-state index contributed by atoms with van der Waals surface area (Å²) in [5.41, 5.74) is 0. The van der Waals surface area contributed by atoms with Gasteiger partial charge in [0.2, 0.25) is 5.89 Å². The quantitative estimate of drug-likeness (QED) is 0.762. The molecule has 1 heterocycles. The lowest BCUT2D eigenvalue weighted by atomic mass is 10.2. The highest BCUT2D eigenvalue weighted by molar-refractivity contribution is 4.94. The van der Waals surface area contributed by atoms with Crippen LogP contribution in [0.2, 0.25) is 0 Å². The van der Waals surface area contributed by atoms with Crippen LogP contribution in [0.4, 0.5) is 0 Å². The van der Waals surface area contributed by atoms with Gasteiger partial charge in [0.15, 0.2) is 5.82 Å². The second-order valence-corrected chi connectivity index (χ2v) is 4.01. The highest BCUT2D eigenvalue weighted by Gasteiger charge is 2.15. The topological polar surface area (TPSA) is 60.2 Å². The van der Waals surface area contributed by atoms with Crippen LogP contribution in [-0.2, 0) is 11.2 Å². The largest absolute Gasteiger partial charge is 0.381 e. The number of hydrogen-bond donors (Lipinski definition) is 1. The minimum atomic E-state index is 0.120. The van der Waals surface area contributed by atoms with Crippen molar-refractivity contribution in [2.75, 3.05) is 20.2 Å². The van der Waals surface area contributed by atoms with Gasteiger partial charge < -0.3 is 14.6 Å². The molecule has 1 N–H and O–H groups in total. The lowest BCUT2D eigenvalue weighted by molar-refractivity contribution is 0.116. The van der Waals surface area contributed by atoms with Crippen LogP contribution in [0.5, 0.6) is 0 Å². The van der Waals surface area contributed by atoms with Crippen LogP contribution in [0, 0.1) is 0 Å². The van der Waals surface area contributed by atoms with Crippen molar-refractivity contribution in [2.45, 2.75) is 39.2 Å². The van der Waals surface area contributed by atoms with Gasteiger partial charge in [0.1, 0.15) is 0 Å². The number of methoxy groups -OCH3 is 1. The Morgan fingerprint density at radius 3 is 2.81 bits per heavy atom. The summed E-state index contributed by atoms with van der Waals surface area (Å²) >= 11 is 0. The molecule has 0 bridgehead atoms. The van der Waals surface area contributed by atoms with Crippen LogP contribution in [0.25, 0.3) is 0 Å². The molecule has 0 aliphatic carbocycles. The predicted molar refractivity (Wildman–Crippen MR) is 61.4 cm³/mol. The summed E-state index contributed by atoms with van der Waals surface area (Å²) in [7, 11) is 1.68. The van der Waals surface area contributed by atoms with Crippen molar-refractivity contribution in [1.29, 1.82) is 0 Å². The molecule has 5 nitrogen and oxygen atoms in total. The van der Waals surface area contributed by atoms with Crippen molar-refractivity contribution in [3.63, 3.8) is 0 Å². The average Bonchev–Trinajstić information content (AvgIpc) is 2.74. The summed E-state index contributed by atoms with van der Waals surface area (Å²) in [6.45, 7) is 7.94. The summed E-state index contributed by atoms with van der Waals surface area (Å²) in [4.78, 5) is 4.35. The van der Waals surface area contributed by atoms with Crippen molar-refractivity contribution in [1.82, 2.24) is 15.5 Å². The van der Waals surface area contributed by atoms with Gasteiger partial charge in [0.05, 0.1) is 6.10 Å². The molecule has 1 aromatic heterocycles. The Balaban J connectivity index is 2.50. The SMILES string of the molecule is CCNCC(C)c1nc(CC(C)OC)no1. The van der Waals surface area contributed by atoms with Crippen LogP contribution < -0.4 is 5.32 Å². The average molecular weight is 227 g/mol. The van der Waals surface area contributed by atoms with Gasteiger partial charge in [-0.3, -0.25) is 0 Å². The molecule has 92 valence electrons. The Labute approximate surface area is 96.6 Å². The Bertz CT molecular complexity index is 301. The molecule has 2 unspecified atom stereocenters. The molecule has 0 spiro atoms. The summed E-state index contributed by atoms with van der Waals surface area (Å²) < 4.78 is 10.4. The Morgan fingerprint density at radius 2 is 2.19 bits per heavy atom. The smallest absolute Gasteiger partial charge is 0.230 e. The van der Waals surface area contributed by atoms with Gasteiger partial charge >= 0.3 is 0 Å². The molecular formula is C11H21N3O2. The van der Waals surface area contributed by atoms with E-state index in [0.717, 1.165) is 13.1 Å². The van der Waals surface area contributed by atoms with Gasteiger partial charge in [-0.1, -0.05) is 19.0 Å². The number of nitrogens with zero attached hydrogens (tertiary/aromatic N) is 2. The lowest BCUT2D eigenvalue weighted by Gasteiger charge is -2.06. The van der Waals surface area contributed by atoms with Crippen LogP contribution in [-0.4, -0.2) is 36.4 Å². The molecule has 5 heteroatoms. The molecular weight excluding hydrogens is 206 g/mol. The van der Waals surface area contributed by atoms with Crippen LogP contribution in [0.1, 0.15) is 38.4 Å². The summed E-state index contributed by atoms with van der Waals surface area (Å²) in [6, 6.07) is 0. The first-order valence-corrected chi connectivity index (χ1v) is 5.73. The second-order valence-electron chi connectivity index (χ2n) is 4.01. The molecule has 0 fully saturated rings. The van der Waals surface area contributed by atoms with Crippen molar-refractivity contribution < 1.29 is 9.26 Å². The van der Waals surface area contributed by atoms with E-state index in [1.807, 2.05) is 6.92 Å². The van der Waals surface area contributed by atoms with Gasteiger partial charge in [-0.05, 0) is 13.5 Å². The van der Waals surface area contributed by atoms with Gasteiger partial charge in [0, 0.05) is 26.0 Å². The molecule has 0 aliphatic rings. The fourth-order valence-electron chi connectivity index (χ4n) is 1.34. The Kier molecular flexibility index (Phi) is 5.42. The zero-order chi connectivity index (χ0) is 12.0. The number of hydrogen-bond acceptors (Lipinski definition) is 5. The fraction of sp³-hybridized carbons (Fsp3) is 0.818. The van der Waals surface area contributed by atoms with Gasteiger partial charge in [-0.2, -0.15) is 4.98 Å². The minimum Gasteiger partial charge on any atom is -0.381 e. The third kappa shape index (κ3) is 3.90. The predicted octanol–water partition coefficient (Wildman–Crippen LogP) is 1.36. The Hall–Kier alpha value is -0.940. The first-order chi connectivity index (χ1) is 7.67. The van der Waals surface area contributed by atoms with E-state index in [9.17, 15) is 0 Å². The van der Waals surface area contributed by atoms with E-state index in [-0.39, 0.29) is 12.0 Å². The standard InChI is InChI=1S/C11H21N3O2/c1-5-12-7-8(2)11-13-10(14-16-11)6-9(3)15-4/h8-9,12H,5-7H2,1-4H3. The van der Waals surface area contributed by atoms with Crippen molar-refractivity contribution >= 4 is 0 Å². The third-order valence-corrected chi connectivity index (χ3v) is 2.48. The normalized spacial score (nSPS) is 15.0. The van der Waals surface area contributed by atoms with Crippen molar-refractivity contribution in [2.24, 2.45) is 0 Å². The van der Waals surface area contributed by atoms with E-state index >= 15 is 0 Å². The van der Waals surface area contributed by atoms with E-state index in [2.05, 4.69) is 29.3 Å². The van der Waals surface area contributed by atoms with E-state index in [1.54, 1.807) is 7.11 Å².